The number of hydrogen-bond donors (Lipinski definition) is 1. The molecule has 0 spiro atoms. The highest BCUT2D eigenvalue weighted by molar-refractivity contribution is 7.89. The zero-order chi connectivity index (χ0) is 14.2. The summed E-state index contributed by atoms with van der Waals surface area (Å²) in [7, 11) is -3.60. The Balaban J connectivity index is 1.91. The van der Waals surface area contributed by atoms with Crippen molar-refractivity contribution >= 4 is 21.6 Å². The number of aryl methyl sites for hydroxylation is 1. The lowest BCUT2D eigenvalue weighted by Gasteiger charge is -2.15. The molecule has 2 aromatic carbocycles. The van der Waals surface area contributed by atoms with Crippen molar-refractivity contribution in [2.24, 2.45) is 0 Å². The zero-order valence-electron chi connectivity index (χ0n) is 10.7. The number of hydrogen-bond acceptors (Lipinski definition) is 2. The first-order valence-corrected chi connectivity index (χ1v) is 8.29. The van der Waals surface area contributed by atoms with Crippen molar-refractivity contribution in [3.8, 4) is 0 Å². The molecule has 104 valence electrons. The van der Waals surface area contributed by atoms with E-state index in [1.807, 2.05) is 24.3 Å². The molecule has 0 aliphatic heterocycles. The summed E-state index contributed by atoms with van der Waals surface area (Å²) in [5.41, 5.74) is 2.27. The number of benzene rings is 2. The van der Waals surface area contributed by atoms with Crippen molar-refractivity contribution in [2.75, 3.05) is 0 Å². The molecule has 5 heteroatoms. The lowest BCUT2D eigenvalue weighted by atomic mass is 10.1. The molecular formula is C15H14ClNO2S. The highest BCUT2D eigenvalue weighted by atomic mass is 35.5. The van der Waals surface area contributed by atoms with Crippen LogP contribution in [0.3, 0.4) is 0 Å². The number of sulfonamides is 1. The molecule has 0 aromatic heterocycles. The van der Waals surface area contributed by atoms with Crippen LogP contribution >= 0.6 is 11.6 Å². The molecule has 0 amide bonds. The fraction of sp³-hybridized carbons (Fsp3) is 0.200. The fourth-order valence-electron chi connectivity index (χ4n) is 2.59. The predicted octanol–water partition coefficient (Wildman–Crippen LogP) is 3.31. The molecule has 0 fully saturated rings. The summed E-state index contributed by atoms with van der Waals surface area (Å²) in [6, 6.07) is 14.2. The lowest BCUT2D eigenvalue weighted by Crippen LogP contribution is -2.27. The summed E-state index contributed by atoms with van der Waals surface area (Å²) in [6.45, 7) is 0. The predicted molar refractivity (Wildman–Crippen MR) is 79.3 cm³/mol. The molecule has 20 heavy (non-hydrogen) atoms. The second kappa shape index (κ2) is 5.20. The van der Waals surface area contributed by atoms with Gasteiger partial charge in [-0.1, -0.05) is 48.0 Å². The van der Waals surface area contributed by atoms with E-state index in [9.17, 15) is 8.42 Å². The Morgan fingerprint density at radius 1 is 1.05 bits per heavy atom. The van der Waals surface area contributed by atoms with E-state index in [1.165, 1.54) is 11.6 Å². The maximum atomic E-state index is 12.4. The van der Waals surface area contributed by atoms with E-state index in [0.717, 1.165) is 18.4 Å². The summed E-state index contributed by atoms with van der Waals surface area (Å²) in [5, 5.41) is 0.242. The molecule has 1 N–H and O–H groups in total. The second-order valence-electron chi connectivity index (χ2n) is 4.84. The minimum absolute atomic E-state index is 0.131. The molecule has 0 radical (unpaired) electrons. The molecule has 0 bridgehead atoms. The Hall–Kier alpha value is -1.36. The summed E-state index contributed by atoms with van der Waals surface area (Å²) in [5.74, 6) is 0. The van der Waals surface area contributed by atoms with Crippen molar-refractivity contribution < 1.29 is 8.42 Å². The number of fused-ring (bicyclic) bond motifs is 1. The molecule has 3 rings (SSSR count). The van der Waals surface area contributed by atoms with E-state index < -0.39 is 10.0 Å². The van der Waals surface area contributed by atoms with Crippen LogP contribution in [0.1, 0.15) is 23.6 Å². The minimum atomic E-state index is -3.60. The van der Waals surface area contributed by atoms with Gasteiger partial charge in [0, 0.05) is 6.04 Å². The van der Waals surface area contributed by atoms with Gasteiger partial charge in [-0.3, -0.25) is 0 Å². The normalized spacial score (nSPS) is 17.9. The van der Waals surface area contributed by atoms with Gasteiger partial charge in [-0.15, -0.1) is 0 Å². The molecule has 0 saturated carbocycles. The largest absolute Gasteiger partial charge is 0.242 e. The number of halogens is 1. The van der Waals surface area contributed by atoms with Crippen LogP contribution in [0.25, 0.3) is 0 Å². The van der Waals surface area contributed by atoms with Gasteiger partial charge in [0.15, 0.2) is 0 Å². The first-order valence-electron chi connectivity index (χ1n) is 6.42. The molecule has 2 aromatic rings. The minimum Gasteiger partial charge on any atom is -0.207 e. The molecular weight excluding hydrogens is 294 g/mol. The van der Waals surface area contributed by atoms with Crippen molar-refractivity contribution in [1.82, 2.24) is 4.72 Å². The van der Waals surface area contributed by atoms with Gasteiger partial charge >= 0.3 is 0 Å². The summed E-state index contributed by atoms with van der Waals surface area (Å²) in [4.78, 5) is 0.131. The van der Waals surface area contributed by atoms with E-state index in [0.29, 0.717) is 0 Å². The second-order valence-corrected chi connectivity index (χ2v) is 6.93. The van der Waals surface area contributed by atoms with Crippen molar-refractivity contribution in [2.45, 2.75) is 23.8 Å². The standard InChI is InChI=1S/C15H14ClNO2S/c16-13-7-3-4-8-15(13)20(18,19)17-14-10-9-11-5-1-2-6-12(11)14/h1-8,14,17H,9-10H2. The molecule has 1 aliphatic carbocycles. The van der Waals surface area contributed by atoms with Gasteiger partial charge < -0.3 is 0 Å². The molecule has 1 unspecified atom stereocenters. The Labute approximate surface area is 123 Å². The van der Waals surface area contributed by atoms with E-state index in [2.05, 4.69) is 4.72 Å². The van der Waals surface area contributed by atoms with Gasteiger partial charge in [-0.05, 0) is 36.1 Å². The van der Waals surface area contributed by atoms with Gasteiger partial charge in [0.25, 0.3) is 0 Å². The number of rotatable bonds is 3. The van der Waals surface area contributed by atoms with Crippen LogP contribution in [0.2, 0.25) is 5.02 Å². The highest BCUT2D eigenvalue weighted by Crippen LogP contribution is 2.32. The smallest absolute Gasteiger partial charge is 0.207 e. The topological polar surface area (TPSA) is 46.2 Å². The Kier molecular flexibility index (Phi) is 3.54. The van der Waals surface area contributed by atoms with Gasteiger partial charge in [0.2, 0.25) is 10.0 Å². The van der Waals surface area contributed by atoms with Gasteiger partial charge in [0.05, 0.1) is 5.02 Å². The van der Waals surface area contributed by atoms with Crippen LogP contribution < -0.4 is 4.72 Å². The van der Waals surface area contributed by atoms with E-state index in [4.69, 9.17) is 11.6 Å². The van der Waals surface area contributed by atoms with Crippen LogP contribution in [0, 0.1) is 0 Å². The van der Waals surface area contributed by atoms with Crippen molar-refractivity contribution in [3.63, 3.8) is 0 Å². The first kappa shape index (κ1) is 13.6. The SMILES string of the molecule is O=S(=O)(NC1CCc2ccccc21)c1ccccc1Cl. The van der Waals surface area contributed by atoms with Crippen LogP contribution in [0.5, 0.6) is 0 Å². The third-order valence-corrected chi connectivity index (χ3v) is 5.53. The Morgan fingerprint density at radius 3 is 2.55 bits per heavy atom. The van der Waals surface area contributed by atoms with Crippen LogP contribution in [-0.2, 0) is 16.4 Å². The first-order chi connectivity index (χ1) is 9.58. The van der Waals surface area contributed by atoms with Gasteiger partial charge in [-0.25, -0.2) is 13.1 Å². The average Bonchev–Trinajstić information content (AvgIpc) is 2.82. The van der Waals surface area contributed by atoms with E-state index >= 15 is 0 Å². The lowest BCUT2D eigenvalue weighted by molar-refractivity contribution is 0.554. The summed E-state index contributed by atoms with van der Waals surface area (Å²) in [6.07, 6.45) is 1.68. The zero-order valence-corrected chi connectivity index (χ0v) is 12.3. The highest BCUT2D eigenvalue weighted by Gasteiger charge is 2.27. The summed E-state index contributed by atoms with van der Waals surface area (Å²) >= 11 is 5.98. The molecule has 0 saturated heterocycles. The summed E-state index contributed by atoms with van der Waals surface area (Å²) < 4.78 is 27.6. The van der Waals surface area contributed by atoms with Gasteiger partial charge in [0.1, 0.15) is 4.90 Å². The quantitative estimate of drug-likeness (QED) is 0.945. The third-order valence-electron chi connectivity index (χ3n) is 3.56. The monoisotopic (exact) mass is 307 g/mol. The molecule has 0 heterocycles. The van der Waals surface area contributed by atoms with Crippen LogP contribution in [0.4, 0.5) is 0 Å². The van der Waals surface area contributed by atoms with Crippen molar-refractivity contribution in [3.05, 3.63) is 64.7 Å². The van der Waals surface area contributed by atoms with Crippen LogP contribution in [0.15, 0.2) is 53.4 Å². The van der Waals surface area contributed by atoms with Crippen molar-refractivity contribution in [1.29, 1.82) is 0 Å². The van der Waals surface area contributed by atoms with Crippen LogP contribution in [-0.4, -0.2) is 8.42 Å². The average molecular weight is 308 g/mol. The maximum absolute atomic E-state index is 12.4. The molecule has 1 aliphatic rings. The van der Waals surface area contributed by atoms with Gasteiger partial charge in [-0.2, -0.15) is 0 Å². The van der Waals surface area contributed by atoms with E-state index in [1.54, 1.807) is 18.2 Å². The van der Waals surface area contributed by atoms with E-state index in [-0.39, 0.29) is 16.0 Å². The number of nitrogens with one attached hydrogen (secondary N) is 1. The third kappa shape index (κ3) is 2.46. The molecule has 3 nitrogen and oxygen atoms in total. The Morgan fingerprint density at radius 2 is 1.75 bits per heavy atom. The fourth-order valence-corrected chi connectivity index (χ4v) is 4.36. The maximum Gasteiger partial charge on any atom is 0.242 e. The molecule has 1 atom stereocenters. The Bertz CT molecular complexity index is 743.